The molecule has 0 spiro atoms. The SMILES string of the molecule is COC(=O)c1ccc2c(c1)n1c(=Nc3ccccc3)onc1n2Cc1ccc(OC)cc1. The van der Waals surface area contributed by atoms with E-state index in [4.69, 9.17) is 14.0 Å². The van der Waals surface area contributed by atoms with Crippen molar-refractivity contribution >= 4 is 28.5 Å². The molecule has 0 aliphatic carbocycles. The van der Waals surface area contributed by atoms with Gasteiger partial charge in [0.25, 0.3) is 5.78 Å². The Morgan fingerprint density at radius 2 is 1.78 bits per heavy atom. The molecule has 0 saturated carbocycles. The molecule has 8 nitrogen and oxygen atoms in total. The monoisotopic (exact) mass is 428 g/mol. The Kier molecular flexibility index (Phi) is 4.95. The van der Waals surface area contributed by atoms with Crippen molar-refractivity contribution in [1.82, 2.24) is 14.1 Å². The predicted octanol–water partition coefficient (Wildman–Crippen LogP) is 3.96. The number of rotatable bonds is 5. The molecule has 2 heterocycles. The van der Waals surface area contributed by atoms with Gasteiger partial charge in [-0.2, -0.15) is 4.99 Å². The highest BCUT2D eigenvalue weighted by Crippen LogP contribution is 2.23. The lowest BCUT2D eigenvalue weighted by atomic mass is 10.2. The predicted molar refractivity (Wildman–Crippen MR) is 118 cm³/mol. The van der Waals surface area contributed by atoms with Gasteiger partial charge in [0.15, 0.2) is 0 Å². The van der Waals surface area contributed by atoms with Crippen LogP contribution in [0, 0.1) is 0 Å². The van der Waals surface area contributed by atoms with E-state index < -0.39 is 5.97 Å². The molecule has 5 aromatic rings. The summed E-state index contributed by atoms with van der Waals surface area (Å²) in [5.74, 6) is 0.952. The van der Waals surface area contributed by atoms with Gasteiger partial charge in [-0.3, -0.25) is 0 Å². The summed E-state index contributed by atoms with van der Waals surface area (Å²) in [7, 11) is 3.00. The van der Waals surface area contributed by atoms with Crippen molar-refractivity contribution in [2.75, 3.05) is 14.2 Å². The van der Waals surface area contributed by atoms with Crippen LogP contribution in [0.2, 0.25) is 0 Å². The van der Waals surface area contributed by atoms with Gasteiger partial charge in [0, 0.05) is 0 Å². The Hall–Kier alpha value is -4.33. The van der Waals surface area contributed by atoms with Crippen LogP contribution in [-0.2, 0) is 11.3 Å². The third kappa shape index (κ3) is 3.41. The first-order valence-electron chi connectivity index (χ1n) is 9.99. The lowest BCUT2D eigenvalue weighted by Crippen LogP contribution is -2.08. The van der Waals surface area contributed by atoms with Crippen LogP contribution >= 0.6 is 0 Å². The third-order valence-electron chi connectivity index (χ3n) is 5.25. The van der Waals surface area contributed by atoms with Crippen molar-refractivity contribution in [3.8, 4) is 5.75 Å². The van der Waals surface area contributed by atoms with Crippen LogP contribution in [-0.4, -0.2) is 34.3 Å². The molecule has 0 N–H and O–H groups in total. The molecule has 0 aliphatic heterocycles. The second kappa shape index (κ2) is 8.07. The van der Waals surface area contributed by atoms with Gasteiger partial charge in [0.1, 0.15) is 5.75 Å². The maximum atomic E-state index is 12.2. The van der Waals surface area contributed by atoms with Crippen LogP contribution in [0.25, 0.3) is 16.8 Å². The fourth-order valence-electron chi connectivity index (χ4n) is 3.67. The number of fused-ring (bicyclic) bond motifs is 3. The molecule has 0 unspecified atom stereocenters. The molecule has 0 saturated heterocycles. The minimum absolute atomic E-state index is 0.312. The fourth-order valence-corrected chi connectivity index (χ4v) is 3.67. The van der Waals surface area contributed by atoms with E-state index in [1.807, 2.05) is 65.2 Å². The Balaban J connectivity index is 1.73. The summed E-state index contributed by atoms with van der Waals surface area (Å²) in [5, 5.41) is 4.29. The van der Waals surface area contributed by atoms with Gasteiger partial charge in [-0.05, 0) is 53.2 Å². The van der Waals surface area contributed by atoms with Crippen molar-refractivity contribution in [2.45, 2.75) is 6.54 Å². The Labute approximate surface area is 182 Å². The number of para-hydroxylation sites is 1. The van der Waals surface area contributed by atoms with Gasteiger partial charge in [-0.1, -0.05) is 30.3 Å². The Bertz CT molecular complexity index is 1480. The number of hydrogen-bond donors (Lipinski definition) is 0. The number of carbonyl (C=O) groups excluding carboxylic acids is 1. The standard InChI is InChI=1S/C24H20N4O4/c1-30-19-11-8-16(9-12-19)15-27-20-13-10-17(22(29)31-2)14-21(20)28-23(27)26-32-24(28)25-18-6-4-3-5-7-18/h3-14H,15H2,1-2H3. The first kappa shape index (κ1) is 19.6. The average molecular weight is 428 g/mol. The third-order valence-corrected chi connectivity index (χ3v) is 5.25. The zero-order chi connectivity index (χ0) is 22.1. The van der Waals surface area contributed by atoms with E-state index in [9.17, 15) is 4.79 Å². The minimum Gasteiger partial charge on any atom is -0.497 e. The number of imidazole rings is 1. The van der Waals surface area contributed by atoms with Crippen molar-refractivity contribution in [3.63, 3.8) is 0 Å². The van der Waals surface area contributed by atoms with Crippen LogP contribution in [0.4, 0.5) is 5.69 Å². The van der Waals surface area contributed by atoms with Gasteiger partial charge < -0.3 is 18.6 Å². The number of nitrogens with zero attached hydrogens (tertiary/aromatic N) is 4. The molecule has 3 aromatic carbocycles. The molecule has 32 heavy (non-hydrogen) atoms. The molecule has 2 aromatic heterocycles. The molecule has 0 radical (unpaired) electrons. The highest BCUT2D eigenvalue weighted by Gasteiger charge is 2.18. The molecule has 0 amide bonds. The topological polar surface area (TPSA) is 83.3 Å². The lowest BCUT2D eigenvalue weighted by molar-refractivity contribution is 0.0601. The van der Waals surface area contributed by atoms with E-state index in [2.05, 4.69) is 10.1 Å². The molecule has 0 fully saturated rings. The van der Waals surface area contributed by atoms with E-state index in [1.165, 1.54) is 7.11 Å². The van der Waals surface area contributed by atoms with Gasteiger partial charge in [-0.25, -0.2) is 9.20 Å². The normalized spacial score (nSPS) is 11.9. The number of hydrogen-bond acceptors (Lipinski definition) is 6. The van der Waals surface area contributed by atoms with Crippen molar-refractivity contribution < 1.29 is 18.8 Å². The highest BCUT2D eigenvalue weighted by molar-refractivity contribution is 5.94. The zero-order valence-corrected chi connectivity index (χ0v) is 17.6. The number of aromatic nitrogens is 3. The maximum Gasteiger partial charge on any atom is 0.337 e. The highest BCUT2D eigenvalue weighted by atomic mass is 16.5. The van der Waals surface area contributed by atoms with Crippen molar-refractivity contribution in [1.29, 1.82) is 0 Å². The van der Waals surface area contributed by atoms with Gasteiger partial charge in [0.2, 0.25) is 0 Å². The van der Waals surface area contributed by atoms with E-state index in [1.54, 1.807) is 23.6 Å². The molecule has 0 bridgehead atoms. The summed E-state index contributed by atoms with van der Waals surface area (Å²) in [4.78, 5) is 16.8. The van der Waals surface area contributed by atoms with Gasteiger partial charge in [-0.15, -0.1) is 0 Å². The summed E-state index contributed by atoms with van der Waals surface area (Å²) >= 11 is 0. The molecular weight excluding hydrogens is 408 g/mol. The second-order valence-electron chi connectivity index (χ2n) is 7.18. The molecule has 5 rings (SSSR count). The van der Waals surface area contributed by atoms with E-state index in [0.717, 1.165) is 28.0 Å². The maximum absolute atomic E-state index is 12.2. The van der Waals surface area contributed by atoms with Crippen LogP contribution in [0.1, 0.15) is 15.9 Å². The average Bonchev–Trinajstić information content (AvgIpc) is 3.38. The van der Waals surface area contributed by atoms with Crippen molar-refractivity contribution in [3.05, 3.63) is 89.6 Å². The van der Waals surface area contributed by atoms with Crippen LogP contribution in [0.15, 0.2) is 82.3 Å². The van der Waals surface area contributed by atoms with Crippen molar-refractivity contribution in [2.24, 2.45) is 4.99 Å². The smallest absolute Gasteiger partial charge is 0.337 e. The first-order chi connectivity index (χ1) is 15.7. The number of benzene rings is 3. The quantitative estimate of drug-likeness (QED) is 0.396. The number of carbonyl (C=O) groups is 1. The van der Waals surface area contributed by atoms with E-state index in [-0.39, 0.29) is 0 Å². The van der Waals surface area contributed by atoms with E-state index >= 15 is 0 Å². The molecular formula is C24H20N4O4. The number of methoxy groups -OCH3 is 2. The summed E-state index contributed by atoms with van der Waals surface area (Å²) < 4.78 is 19.6. The summed E-state index contributed by atoms with van der Waals surface area (Å²) in [5.41, 5.74) is 4.17. The lowest BCUT2D eigenvalue weighted by Gasteiger charge is -2.06. The van der Waals surface area contributed by atoms with Gasteiger partial charge in [0.05, 0.1) is 43.0 Å². The molecule has 0 aliphatic rings. The number of esters is 1. The minimum atomic E-state index is -0.415. The van der Waals surface area contributed by atoms with Crippen LogP contribution in [0.3, 0.4) is 0 Å². The number of ether oxygens (including phenoxy) is 2. The van der Waals surface area contributed by atoms with E-state index in [0.29, 0.717) is 23.6 Å². The summed E-state index contributed by atoms with van der Waals surface area (Å²) in [6.45, 7) is 0.547. The largest absolute Gasteiger partial charge is 0.497 e. The molecule has 8 heteroatoms. The summed E-state index contributed by atoms with van der Waals surface area (Å²) in [6.07, 6.45) is 0. The summed E-state index contributed by atoms with van der Waals surface area (Å²) in [6, 6.07) is 22.7. The second-order valence-corrected chi connectivity index (χ2v) is 7.18. The van der Waals surface area contributed by atoms with Crippen LogP contribution < -0.4 is 10.4 Å². The van der Waals surface area contributed by atoms with Gasteiger partial charge >= 0.3 is 11.7 Å². The Morgan fingerprint density at radius 1 is 1.00 bits per heavy atom. The Morgan fingerprint density at radius 3 is 2.50 bits per heavy atom. The first-order valence-corrected chi connectivity index (χ1v) is 9.99. The molecule has 160 valence electrons. The zero-order valence-electron chi connectivity index (χ0n) is 17.6. The van der Waals surface area contributed by atoms with Crippen LogP contribution in [0.5, 0.6) is 5.75 Å². The molecule has 0 atom stereocenters. The fraction of sp³-hybridized carbons (Fsp3) is 0.125.